The molecule has 0 fully saturated rings. The summed E-state index contributed by atoms with van der Waals surface area (Å²) in [5.74, 6) is 0.644. The first kappa shape index (κ1) is 30.7. The molecule has 0 saturated carbocycles. The lowest BCUT2D eigenvalue weighted by Crippen LogP contribution is -2.53. The summed E-state index contributed by atoms with van der Waals surface area (Å²) in [4.78, 5) is 29.2. The average molecular weight is 596 g/mol. The normalized spacial score (nSPS) is 13.1. The van der Waals surface area contributed by atoms with Gasteiger partial charge in [0, 0.05) is 25.6 Å². The number of fused-ring (bicyclic) bond motifs is 1. The number of carbonyl (C=O) groups excluding carboxylic acids is 2. The summed E-state index contributed by atoms with van der Waals surface area (Å²) in [6, 6.07) is 20.5. The lowest BCUT2D eigenvalue weighted by molar-refractivity contribution is -0.140. The number of carbonyl (C=O) groups is 2. The number of benzene rings is 3. The summed E-state index contributed by atoms with van der Waals surface area (Å²) in [6.07, 6.45) is 2.01. The smallest absolute Gasteiger partial charge is 0.244 e. The molecule has 11 heteroatoms. The standard InChI is InChI=1S/C31H37N3O7S/c1-4-15-32-31(36)27(19-23-9-6-5-7-10-23)33(21-24-11-8-12-26(18-24)39-2)30(35)22-34(42(3,37)38)25-13-14-28-29(20-25)41-17-16-40-28/h5-14,18,20,27H,4,15-17,19,21-22H2,1-3H3,(H,32,36). The number of anilines is 1. The lowest BCUT2D eigenvalue weighted by Gasteiger charge is -2.33. The van der Waals surface area contributed by atoms with E-state index < -0.39 is 28.5 Å². The van der Waals surface area contributed by atoms with E-state index in [1.54, 1.807) is 43.5 Å². The predicted molar refractivity (Wildman–Crippen MR) is 160 cm³/mol. The van der Waals surface area contributed by atoms with Crippen LogP contribution in [0.15, 0.2) is 72.8 Å². The Labute approximate surface area is 247 Å². The fraction of sp³-hybridized carbons (Fsp3) is 0.355. The first-order valence-electron chi connectivity index (χ1n) is 13.8. The van der Waals surface area contributed by atoms with E-state index in [-0.39, 0.29) is 24.6 Å². The maximum atomic E-state index is 14.2. The molecule has 1 heterocycles. The van der Waals surface area contributed by atoms with E-state index in [2.05, 4.69) is 5.32 Å². The van der Waals surface area contributed by atoms with E-state index in [1.165, 1.54) is 4.90 Å². The summed E-state index contributed by atoms with van der Waals surface area (Å²) < 4.78 is 43.7. The molecule has 1 N–H and O–H groups in total. The van der Waals surface area contributed by atoms with E-state index in [1.807, 2.05) is 43.3 Å². The number of amides is 2. The number of ether oxygens (including phenoxy) is 3. The van der Waals surface area contributed by atoms with Crippen LogP contribution in [-0.4, -0.2) is 70.8 Å². The largest absolute Gasteiger partial charge is 0.497 e. The van der Waals surface area contributed by atoms with Crippen LogP contribution < -0.4 is 23.8 Å². The molecule has 1 unspecified atom stereocenters. The highest BCUT2D eigenvalue weighted by Gasteiger charge is 2.33. The monoisotopic (exact) mass is 595 g/mol. The fourth-order valence-corrected chi connectivity index (χ4v) is 5.53. The zero-order chi connectivity index (χ0) is 30.1. The van der Waals surface area contributed by atoms with Crippen LogP contribution in [0.5, 0.6) is 17.2 Å². The van der Waals surface area contributed by atoms with Crippen LogP contribution in [0.25, 0.3) is 0 Å². The van der Waals surface area contributed by atoms with Crippen LogP contribution in [0.4, 0.5) is 5.69 Å². The van der Waals surface area contributed by atoms with Gasteiger partial charge in [-0.3, -0.25) is 13.9 Å². The summed E-state index contributed by atoms with van der Waals surface area (Å²) in [5.41, 5.74) is 1.85. The third-order valence-corrected chi connectivity index (χ3v) is 7.94. The van der Waals surface area contributed by atoms with Gasteiger partial charge in [-0.1, -0.05) is 49.4 Å². The van der Waals surface area contributed by atoms with E-state index in [0.29, 0.717) is 37.0 Å². The van der Waals surface area contributed by atoms with Crippen molar-refractivity contribution in [3.63, 3.8) is 0 Å². The van der Waals surface area contributed by atoms with Crippen molar-refractivity contribution in [1.82, 2.24) is 10.2 Å². The van der Waals surface area contributed by atoms with Gasteiger partial charge < -0.3 is 24.4 Å². The molecule has 1 atom stereocenters. The van der Waals surface area contributed by atoms with E-state index in [4.69, 9.17) is 14.2 Å². The summed E-state index contributed by atoms with van der Waals surface area (Å²) >= 11 is 0. The molecule has 0 bridgehead atoms. The second kappa shape index (κ2) is 14.1. The molecule has 3 aromatic rings. The van der Waals surface area contributed by atoms with Crippen LogP contribution in [0.1, 0.15) is 24.5 Å². The number of hydrogen-bond donors (Lipinski definition) is 1. The van der Waals surface area contributed by atoms with Gasteiger partial charge in [-0.25, -0.2) is 8.42 Å². The van der Waals surface area contributed by atoms with Gasteiger partial charge in [0.15, 0.2) is 11.5 Å². The highest BCUT2D eigenvalue weighted by atomic mass is 32.2. The molecule has 0 radical (unpaired) electrons. The second-order valence-electron chi connectivity index (χ2n) is 9.97. The van der Waals surface area contributed by atoms with Crippen molar-refractivity contribution in [2.24, 2.45) is 0 Å². The quantitative estimate of drug-likeness (QED) is 0.322. The van der Waals surface area contributed by atoms with Crippen LogP contribution in [0.2, 0.25) is 0 Å². The highest BCUT2D eigenvalue weighted by molar-refractivity contribution is 7.92. The second-order valence-corrected chi connectivity index (χ2v) is 11.9. The van der Waals surface area contributed by atoms with E-state index in [9.17, 15) is 18.0 Å². The Hall–Kier alpha value is -4.25. The van der Waals surface area contributed by atoms with Gasteiger partial charge in [-0.2, -0.15) is 0 Å². The Kier molecular flexibility index (Phi) is 10.3. The molecule has 0 aromatic heterocycles. The summed E-state index contributed by atoms with van der Waals surface area (Å²) in [6.45, 7) is 2.65. The number of methoxy groups -OCH3 is 1. The molecule has 224 valence electrons. The van der Waals surface area contributed by atoms with Crippen molar-refractivity contribution < 1.29 is 32.2 Å². The molecule has 0 aliphatic carbocycles. The Morgan fingerprint density at radius 2 is 1.67 bits per heavy atom. The Balaban J connectivity index is 1.73. The third kappa shape index (κ3) is 7.94. The van der Waals surface area contributed by atoms with Gasteiger partial charge >= 0.3 is 0 Å². The number of sulfonamides is 1. The van der Waals surface area contributed by atoms with Crippen molar-refractivity contribution in [3.05, 3.63) is 83.9 Å². The molecule has 2 amide bonds. The van der Waals surface area contributed by atoms with Gasteiger partial charge in [0.05, 0.1) is 19.1 Å². The SMILES string of the molecule is CCCNC(=O)C(Cc1ccccc1)N(Cc1cccc(OC)c1)C(=O)CN(c1ccc2c(c1)OCCO2)S(C)(=O)=O. The number of hydrogen-bond acceptors (Lipinski definition) is 7. The topological polar surface area (TPSA) is 114 Å². The van der Waals surface area contributed by atoms with Gasteiger partial charge in [-0.15, -0.1) is 0 Å². The molecule has 10 nitrogen and oxygen atoms in total. The highest BCUT2D eigenvalue weighted by Crippen LogP contribution is 2.35. The molecule has 42 heavy (non-hydrogen) atoms. The first-order valence-corrected chi connectivity index (χ1v) is 15.7. The van der Waals surface area contributed by atoms with Crippen molar-refractivity contribution in [3.8, 4) is 17.2 Å². The van der Waals surface area contributed by atoms with Crippen molar-refractivity contribution >= 4 is 27.5 Å². The minimum atomic E-state index is -3.91. The zero-order valence-corrected chi connectivity index (χ0v) is 24.9. The first-order chi connectivity index (χ1) is 20.2. The number of rotatable bonds is 13. The van der Waals surface area contributed by atoms with Gasteiger partial charge in [0.1, 0.15) is 31.5 Å². The van der Waals surface area contributed by atoms with Crippen molar-refractivity contribution in [1.29, 1.82) is 0 Å². The van der Waals surface area contributed by atoms with Crippen LogP contribution in [0, 0.1) is 0 Å². The van der Waals surface area contributed by atoms with Gasteiger partial charge in [0.25, 0.3) is 0 Å². The number of nitrogens with one attached hydrogen (secondary N) is 1. The molecule has 0 saturated heterocycles. The molecule has 1 aliphatic heterocycles. The summed E-state index contributed by atoms with van der Waals surface area (Å²) in [7, 11) is -2.36. The van der Waals surface area contributed by atoms with Crippen LogP contribution in [0.3, 0.4) is 0 Å². The minimum Gasteiger partial charge on any atom is -0.497 e. The molecule has 1 aliphatic rings. The predicted octanol–water partition coefficient (Wildman–Crippen LogP) is 3.40. The minimum absolute atomic E-state index is 0.0613. The molecular weight excluding hydrogens is 558 g/mol. The fourth-order valence-electron chi connectivity index (χ4n) is 4.69. The van der Waals surface area contributed by atoms with Crippen LogP contribution in [-0.2, 0) is 32.6 Å². The molecule has 0 spiro atoms. The van der Waals surface area contributed by atoms with Crippen molar-refractivity contribution in [2.75, 3.05) is 44.0 Å². The van der Waals surface area contributed by atoms with Gasteiger partial charge in [-0.05, 0) is 41.8 Å². The summed E-state index contributed by atoms with van der Waals surface area (Å²) in [5, 5.41) is 2.93. The number of nitrogens with zero attached hydrogens (tertiary/aromatic N) is 2. The molecule has 4 rings (SSSR count). The van der Waals surface area contributed by atoms with E-state index in [0.717, 1.165) is 28.1 Å². The lowest BCUT2D eigenvalue weighted by atomic mass is 10.0. The maximum absolute atomic E-state index is 14.2. The Bertz CT molecular complexity index is 1480. The van der Waals surface area contributed by atoms with Crippen molar-refractivity contribution in [2.45, 2.75) is 32.4 Å². The van der Waals surface area contributed by atoms with E-state index >= 15 is 0 Å². The molecule has 3 aromatic carbocycles. The van der Waals surface area contributed by atoms with Gasteiger partial charge in [0.2, 0.25) is 21.8 Å². The zero-order valence-electron chi connectivity index (χ0n) is 24.1. The Morgan fingerprint density at radius 1 is 0.952 bits per heavy atom. The Morgan fingerprint density at radius 3 is 2.36 bits per heavy atom. The molecular formula is C31H37N3O7S. The average Bonchev–Trinajstić information content (AvgIpc) is 3.00. The van der Waals surface area contributed by atoms with Crippen LogP contribution >= 0.6 is 0 Å². The maximum Gasteiger partial charge on any atom is 0.244 e. The third-order valence-electron chi connectivity index (χ3n) is 6.80.